The summed E-state index contributed by atoms with van der Waals surface area (Å²) in [5, 5.41) is 3.97. The van der Waals surface area contributed by atoms with Crippen molar-refractivity contribution in [2.24, 2.45) is 0 Å². The van der Waals surface area contributed by atoms with Crippen LogP contribution in [0.4, 0.5) is 5.69 Å². The quantitative estimate of drug-likeness (QED) is 0.622. The number of aromatic nitrogens is 1. The maximum Gasteiger partial charge on any atom is 0.267 e. The SMILES string of the molecule is Cc1nc(Cc2ccccc2)sc1C(=O)Nc1ccc(CCN2CCOCC2)cc1. The summed E-state index contributed by atoms with van der Waals surface area (Å²) in [6.45, 7) is 6.61. The van der Waals surface area contributed by atoms with Gasteiger partial charge in [-0.1, -0.05) is 42.5 Å². The lowest BCUT2D eigenvalue weighted by molar-refractivity contribution is 0.0384. The molecule has 5 nitrogen and oxygen atoms in total. The molecule has 1 aliphatic rings. The second kappa shape index (κ2) is 9.98. The molecule has 156 valence electrons. The highest BCUT2D eigenvalue weighted by atomic mass is 32.1. The molecule has 1 amide bonds. The Morgan fingerprint density at radius 1 is 1.07 bits per heavy atom. The van der Waals surface area contributed by atoms with E-state index in [2.05, 4.69) is 39.5 Å². The van der Waals surface area contributed by atoms with Gasteiger partial charge in [-0.25, -0.2) is 4.98 Å². The van der Waals surface area contributed by atoms with Crippen molar-refractivity contribution in [2.45, 2.75) is 19.8 Å². The number of benzene rings is 2. The van der Waals surface area contributed by atoms with Crippen molar-refractivity contribution in [1.29, 1.82) is 0 Å². The number of rotatable bonds is 7. The molecule has 0 unspecified atom stereocenters. The Morgan fingerprint density at radius 3 is 2.53 bits per heavy atom. The minimum absolute atomic E-state index is 0.0922. The number of ether oxygens (including phenoxy) is 1. The molecule has 3 aromatic rings. The lowest BCUT2D eigenvalue weighted by Gasteiger charge is -2.26. The first-order valence-electron chi connectivity index (χ1n) is 10.4. The average Bonchev–Trinajstić information content (AvgIpc) is 3.15. The van der Waals surface area contributed by atoms with Gasteiger partial charge in [-0.2, -0.15) is 0 Å². The third-order valence-electron chi connectivity index (χ3n) is 5.28. The summed E-state index contributed by atoms with van der Waals surface area (Å²) in [5.41, 5.74) is 4.07. The lowest BCUT2D eigenvalue weighted by atomic mass is 10.1. The number of hydrogen-bond donors (Lipinski definition) is 1. The fraction of sp³-hybridized carbons (Fsp3) is 0.333. The monoisotopic (exact) mass is 421 g/mol. The van der Waals surface area contributed by atoms with Crippen LogP contribution in [0.25, 0.3) is 0 Å². The highest BCUT2D eigenvalue weighted by Crippen LogP contribution is 2.22. The fourth-order valence-electron chi connectivity index (χ4n) is 3.56. The third-order valence-corrected chi connectivity index (χ3v) is 6.43. The number of nitrogens with zero attached hydrogens (tertiary/aromatic N) is 2. The fourth-order valence-corrected chi connectivity index (χ4v) is 4.56. The molecule has 30 heavy (non-hydrogen) atoms. The second-order valence-electron chi connectivity index (χ2n) is 7.54. The van der Waals surface area contributed by atoms with Gasteiger partial charge in [-0.3, -0.25) is 9.69 Å². The molecule has 1 N–H and O–H groups in total. The first-order valence-corrected chi connectivity index (χ1v) is 11.2. The van der Waals surface area contributed by atoms with Crippen molar-refractivity contribution in [2.75, 3.05) is 38.2 Å². The van der Waals surface area contributed by atoms with Crippen molar-refractivity contribution < 1.29 is 9.53 Å². The zero-order valence-corrected chi connectivity index (χ0v) is 18.1. The van der Waals surface area contributed by atoms with Crippen molar-refractivity contribution in [3.8, 4) is 0 Å². The van der Waals surface area contributed by atoms with E-state index in [-0.39, 0.29) is 5.91 Å². The normalized spacial score (nSPS) is 14.6. The van der Waals surface area contributed by atoms with Gasteiger partial charge in [0.05, 0.1) is 23.9 Å². The molecular formula is C24H27N3O2S. The molecule has 6 heteroatoms. The van der Waals surface area contributed by atoms with Crippen LogP contribution in [0, 0.1) is 6.92 Å². The summed E-state index contributed by atoms with van der Waals surface area (Å²) >= 11 is 1.47. The minimum Gasteiger partial charge on any atom is -0.379 e. The standard InChI is InChI=1S/C24H27N3O2S/c1-18-23(30-22(25-18)17-20-5-3-2-4-6-20)24(28)26-21-9-7-19(8-10-21)11-12-27-13-15-29-16-14-27/h2-10H,11-17H2,1H3,(H,26,28). The molecule has 1 fully saturated rings. The highest BCUT2D eigenvalue weighted by molar-refractivity contribution is 7.14. The molecule has 1 aromatic heterocycles. The molecule has 0 atom stereocenters. The molecule has 2 heterocycles. The average molecular weight is 422 g/mol. The van der Waals surface area contributed by atoms with Crippen molar-refractivity contribution >= 4 is 22.9 Å². The summed E-state index contributed by atoms with van der Waals surface area (Å²) in [6.07, 6.45) is 1.75. The highest BCUT2D eigenvalue weighted by Gasteiger charge is 2.16. The molecule has 0 spiro atoms. The van der Waals surface area contributed by atoms with E-state index in [0.29, 0.717) is 4.88 Å². The van der Waals surface area contributed by atoms with E-state index in [4.69, 9.17) is 4.74 Å². The Labute approximate surface area is 181 Å². The summed E-state index contributed by atoms with van der Waals surface area (Å²) in [6, 6.07) is 18.4. The van der Waals surface area contributed by atoms with E-state index in [1.807, 2.05) is 37.3 Å². The van der Waals surface area contributed by atoms with Gasteiger partial charge in [-0.05, 0) is 36.6 Å². The molecule has 0 bridgehead atoms. The van der Waals surface area contributed by atoms with Crippen molar-refractivity contribution in [3.05, 3.63) is 81.3 Å². The number of amides is 1. The van der Waals surface area contributed by atoms with Crippen LogP contribution in [0.3, 0.4) is 0 Å². The molecule has 4 rings (SSSR count). The van der Waals surface area contributed by atoms with E-state index in [1.165, 1.54) is 22.5 Å². The molecule has 1 aliphatic heterocycles. The van der Waals surface area contributed by atoms with Gasteiger partial charge in [-0.15, -0.1) is 11.3 Å². The van der Waals surface area contributed by atoms with Crippen LogP contribution in [0.2, 0.25) is 0 Å². The number of thiazole rings is 1. The second-order valence-corrected chi connectivity index (χ2v) is 8.62. The van der Waals surface area contributed by atoms with Crippen molar-refractivity contribution in [1.82, 2.24) is 9.88 Å². The first kappa shape index (κ1) is 20.7. The summed E-state index contributed by atoms with van der Waals surface area (Å²) < 4.78 is 5.39. The maximum atomic E-state index is 12.8. The molecule has 1 saturated heterocycles. The van der Waals surface area contributed by atoms with Crippen LogP contribution in [0.15, 0.2) is 54.6 Å². The molecular weight excluding hydrogens is 394 g/mol. The Bertz CT molecular complexity index is 964. The first-order chi connectivity index (χ1) is 14.7. The zero-order chi connectivity index (χ0) is 20.8. The van der Waals surface area contributed by atoms with E-state index in [1.54, 1.807) is 0 Å². The Kier molecular flexibility index (Phi) is 6.89. The molecule has 0 saturated carbocycles. The summed E-state index contributed by atoms with van der Waals surface area (Å²) in [4.78, 5) is 20.5. The number of aryl methyl sites for hydroxylation is 1. The van der Waals surface area contributed by atoms with Gasteiger partial charge < -0.3 is 10.1 Å². The third kappa shape index (κ3) is 5.53. The van der Waals surface area contributed by atoms with Gasteiger partial charge in [0.15, 0.2) is 0 Å². The van der Waals surface area contributed by atoms with Crippen molar-refractivity contribution in [3.63, 3.8) is 0 Å². The van der Waals surface area contributed by atoms with Crippen LogP contribution in [-0.2, 0) is 17.6 Å². The number of hydrogen-bond acceptors (Lipinski definition) is 5. The van der Waals surface area contributed by atoms with Crippen LogP contribution in [0.5, 0.6) is 0 Å². The smallest absolute Gasteiger partial charge is 0.267 e. The van der Waals surface area contributed by atoms with Crippen LogP contribution in [-0.4, -0.2) is 48.6 Å². The van der Waals surface area contributed by atoms with Gasteiger partial charge >= 0.3 is 0 Å². The number of nitrogens with one attached hydrogen (secondary N) is 1. The largest absolute Gasteiger partial charge is 0.379 e. The van der Waals surface area contributed by atoms with Gasteiger partial charge in [0.1, 0.15) is 4.88 Å². The van der Waals surface area contributed by atoms with E-state index in [0.717, 1.165) is 62.1 Å². The van der Waals surface area contributed by atoms with Crippen LogP contribution < -0.4 is 5.32 Å². The number of carbonyl (C=O) groups excluding carboxylic acids is 1. The van der Waals surface area contributed by atoms with E-state index in [9.17, 15) is 4.79 Å². The predicted octanol–water partition coefficient (Wildman–Crippen LogP) is 4.17. The minimum atomic E-state index is -0.0922. The predicted molar refractivity (Wildman–Crippen MR) is 121 cm³/mol. The zero-order valence-electron chi connectivity index (χ0n) is 17.3. The number of carbonyl (C=O) groups is 1. The Hall–Kier alpha value is -2.54. The molecule has 0 radical (unpaired) electrons. The molecule has 0 aliphatic carbocycles. The summed E-state index contributed by atoms with van der Waals surface area (Å²) in [7, 11) is 0. The van der Waals surface area contributed by atoms with E-state index < -0.39 is 0 Å². The lowest BCUT2D eigenvalue weighted by Crippen LogP contribution is -2.37. The van der Waals surface area contributed by atoms with Gasteiger partial charge in [0.2, 0.25) is 0 Å². The Balaban J connectivity index is 1.33. The van der Waals surface area contributed by atoms with Gasteiger partial charge in [0.25, 0.3) is 5.91 Å². The molecule has 2 aromatic carbocycles. The maximum absolute atomic E-state index is 12.8. The Morgan fingerprint density at radius 2 is 1.80 bits per heavy atom. The number of morpholine rings is 1. The summed E-state index contributed by atoms with van der Waals surface area (Å²) in [5.74, 6) is -0.0922. The topological polar surface area (TPSA) is 54.5 Å². The number of anilines is 1. The van der Waals surface area contributed by atoms with E-state index >= 15 is 0 Å². The van der Waals surface area contributed by atoms with Crippen LogP contribution in [0.1, 0.15) is 31.5 Å². The van der Waals surface area contributed by atoms with Gasteiger partial charge in [0, 0.05) is 31.7 Å². The van der Waals surface area contributed by atoms with Crippen LogP contribution >= 0.6 is 11.3 Å².